The Bertz CT molecular complexity index is 481. The minimum Gasteiger partial charge on any atom is -0.481 e. The summed E-state index contributed by atoms with van der Waals surface area (Å²) in [5.74, 6) is -1.63. The van der Waals surface area contributed by atoms with Crippen LogP contribution in [0.3, 0.4) is 0 Å². The minimum absolute atomic E-state index is 0.0354. The maximum atomic E-state index is 12.4. The van der Waals surface area contributed by atoms with Gasteiger partial charge >= 0.3 is 12.1 Å². The second-order valence-electron chi connectivity index (χ2n) is 4.88. The van der Waals surface area contributed by atoms with E-state index in [4.69, 9.17) is 5.11 Å². The third kappa shape index (κ3) is 2.73. The highest BCUT2D eigenvalue weighted by Gasteiger charge is 2.42. The zero-order chi connectivity index (χ0) is 14.3. The van der Waals surface area contributed by atoms with E-state index in [1.807, 2.05) is 0 Å². The molecule has 0 unspecified atom stereocenters. The third-order valence-corrected chi connectivity index (χ3v) is 3.59. The molecule has 1 aliphatic carbocycles. The molecule has 2 rings (SSSR count). The van der Waals surface area contributed by atoms with Gasteiger partial charge in [0, 0.05) is 0 Å². The van der Waals surface area contributed by atoms with Crippen molar-refractivity contribution in [2.24, 2.45) is 5.92 Å². The smallest absolute Gasteiger partial charge is 0.416 e. The molecule has 1 saturated carbocycles. The third-order valence-electron chi connectivity index (χ3n) is 3.59. The standard InChI is InChI=1S/C13H13F3O3/c14-13(15,16)10-3-1-9(2-4-10)12(19)6-5-8(7-12)11(17)18/h1-4,8,19H,5-7H2,(H,17,18)/t8-,12-/m1/s1. The lowest BCUT2D eigenvalue weighted by molar-refractivity contribution is -0.142. The summed E-state index contributed by atoms with van der Waals surface area (Å²) >= 11 is 0. The molecule has 2 N–H and O–H groups in total. The Kier molecular flexibility index (Phi) is 3.30. The first-order valence-electron chi connectivity index (χ1n) is 5.85. The average molecular weight is 274 g/mol. The Morgan fingerprint density at radius 2 is 1.84 bits per heavy atom. The van der Waals surface area contributed by atoms with E-state index in [9.17, 15) is 23.1 Å². The molecule has 104 valence electrons. The maximum Gasteiger partial charge on any atom is 0.416 e. The fourth-order valence-electron chi connectivity index (χ4n) is 2.47. The number of hydrogen-bond acceptors (Lipinski definition) is 2. The quantitative estimate of drug-likeness (QED) is 0.871. The lowest BCUT2D eigenvalue weighted by Crippen LogP contribution is -2.23. The fraction of sp³-hybridized carbons (Fsp3) is 0.462. The molecule has 6 heteroatoms. The van der Waals surface area contributed by atoms with Crippen molar-refractivity contribution in [3.63, 3.8) is 0 Å². The summed E-state index contributed by atoms with van der Waals surface area (Å²) in [4.78, 5) is 10.8. The number of alkyl halides is 3. The van der Waals surface area contributed by atoms with Gasteiger partial charge in [0.2, 0.25) is 0 Å². The monoisotopic (exact) mass is 274 g/mol. The molecule has 0 aliphatic heterocycles. The molecule has 1 aromatic carbocycles. The molecule has 0 amide bonds. The van der Waals surface area contributed by atoms with E-state index in [0.29, 0.717) is 12.0 Å². The highest BCUT2D eigenvalue weighted by Crippen LogP contribution is 2.42. The van der Waals surface area contributed by atoms with Gasteiger partial charge in [-0.05, 0) is 37.0 Å². The molecule has 0 saturated heterocycles. The van der Waals surface area contributed by atoms with E-state index in [0.717, 1.165) is 12.1 Å². The number of carboxylic acid groups (broad SMARTS) is 1. The SMILES string of the molecule is O=C(O)[C@@H]1CC[C@](O)(c2ccc(C(F)(F)F)cc2)C1. The van der Waals surface area contributed by atoms with Crippen LogP contribution in [0.5, 0.6) is 0 Å². The molecule has 1 aliphatic rings. The summed E-state index contributed by atoms with van der Waals surface area (Å²) in [6.45, 7) is 0. The van der Waals surface area contributed by atoms with Crippen molar-refractivity contribution in [2.75, 3.05) is 0 Å². The maximum absolute atomic E-state index is 12.4. The molecule has 1 fully saturated rings. The zero-order valence-electron chi connectivity index (χ0n) is 9.94. The van der Waals surface area contributed by atoms with Crippen LogP contribution in [0.25, 0.3) is 0 Å². The van der Waals surface area contributed by atoms with Gasteiger partial charge in [-0.15, -0.1) is 0 Å². The summed E-state index contributed by atoms with van der Waals surface area (Å²) in [7, 11) is 0. The largest absolute Gasteiger partial charge is 0.481 e. The van der Waals surface area contributed by atoms with E-state index in [1.54, 1.807) is 0 Å². The predicted octanol–water partition coefficient (Wildman–Crippen LogP) is 2.78. The lowest BCUT2D eigenvalue weighted by Gasteiger charge is -2.23. The van der Waals surface area contributed by atoms with Crippen LogP contribution < -0.4 is 0 Å². The van der Waals surface area contributed by atoms with Gasteiger partial charge in [-0.1, -0.05) is 12.1 Å². The van der Waals surface area contributed by atoms with Crippen molar-refractivity contribution in [2.45, 2.75) is 31.0 Å². The van der Waals surface area contributed by atoms with E-state index in [-0.39, 0.29) is 12.8 Å². The lowest BCUT2D eigenvalue weighted by atomic mass is 9.90. The fourth-order valence-corrected chi connectivity index (χ4v) is 2.47. The normalized spacial score (nSPS) is 27.5. The first kappa shape index (κ1) is 13.9. The van der Waals surface area contributed by atoms with Crippen LogP contribution in [0.15, 0.2) is 24.3 Å². The Hall–Kier alpha value is -1.56. The molecule has 0 spiro atoms. The van der Waals surface area contributed by atoms with Crippen LogP contribution in [-0.4, -0.2) is 16.2 Å². The van der Waals surface area contributed by atoms with Crippen molar-refractivity contribution in [1.29, 1.82) is 0 Å². The minimum atomic E-state index is -4.42. The predicted molar refractivity (Wildman–Crippen MR) is 60.3 cm³/mol. The number of aliphatic hydroxyl groups is 1. The zero-order valence-corrected chi connectivity index (χ0v) is 9.94. The molecule has 0 radical (unpaired) electrons. The van der Waals surface area contributed by atoms with Crippen molar-refractivity contribution in [3.05, 3.63) is 35.4 Å². The molecule has 19 heavy (non-hydrogen) atoms. The summed E-state index contributed by atoms with van der Waals surface area (Å²) in [5.41, 5.74) is -1.79. The number of rotatable bonds is 2. The number of carboxylic acids is 1. The van der Waals surface area contributed by atoms with Crippen molar-refractivity contribution in [3.8, 4) is 0 Å². The first-order chi connectivity index (χ1) is 8.72. The molecule has 0 bridgehead atoms. The second-order valence-corrected chi connectivity index (χ2v) is 4.88. The number of carbonyl (C=O) groups is 1. The molecule has 3 nitrogen and oxygen atoms in total. The molecule has 0 aromatic heterocycles. The van der Waals surface area contributed by atoms with Crippen molar-refractivity contribution >= 4 is 5.97 Å². The van der Waals surface area contributed by atoms with Gasteiger partial charge in [0.05, 0.1) is 17.1 Å². The van der Waals surface area contributed by atoms with Gasteiger partial charge in [0.25, 0.3) is 0 Å². The Balaban J connectivity index is 2.21. The Labute approximate surface area is 107 Å². The van der Waals surface area contributed by atoms with Crippen LogP contribution in [0, 0.1) is 5.92 Å². The average Bonchev–Trinajstić information content (AvgIpc) is 2.73. The van der Waals surface area contributed by atoms with Crippen molar-refractivity contribution in [1.82, 2.24) is 0 Å². The van der Waals surface area contributed by atoms with Crippen LogP contribution in [0.1, 0.15) is 30.4 Å². The first-order valence-corrected chi connectivity index (χ1v) is 5.85. The van der Waals surface area contributed by atoms with Crippen LogP contribution >= 0.6 is 0 Å². The van der Waals surface area contributed by atoms with Crippen LogP contribution in [0.4, 0.5) is 13.2 Å². The number of halogens is 3. The van der Waals surface area contributed by atoms with E-state index < -0.39 is 29.2 Å². The van der Waals surface area contributed by atoms with Crippen LogP contribution in [0.2, 0.25) is 0 Å². The van der Waals surface area contributed by atoms with Gasteiger partial charge < -0.3 is 10.2 Å². The number of aliphatic carboxylic acids is 1. The summed E-state index contributed by atoms with van der Waals surface area (Å²) in [6.07, 6.45) is -3.81. The molecule has 1 aromatic rings. The van der Waals surface area contributed by atoms with E-state index >= 15 is 0 Å². The highest BCUT2D eigenvalue weighted by molar-refractivity contribution is 5.70. The number of hydrogen-bond donors (Lipinski definition) is 2. The summed E-state index contributed by atoms with van der Waals surface area (Å²) in [6, 6.07) is 4.24. The second kappa shape index (κ2) is 4.52. The molecule has 2 atom stereocenters. The summed E-state index contributed by atoms with van der Waals surface area (Å²) in [5, 5.41) is 19.2. The van der Waals surface area contributed by atoms with Crippen LogP contribution in [-0.2, 0) is 16.6 Å². The molecular weight excluding hydrogens is 261 g/mol. The van der Waals surface area contributed by atoms with Gasteiger partial charge in [-0.3, -0.25) is 4.79 Å². The summed E-state index contributed by atoms with van der Waals surface area (Å²) < 4.78 is 37.3. The van der Waals surface area contributed by atoms with Gasteiger partial charge in [-0.2, -0.15) is 13.2 Å². The van der Waals surface area contributed by atoms with E-state index in [1.165, 1.54) is 12.1 Å². The topological polar surface area (TPSA) is 57.5 Å². The van der Waals surface area contributed by atoms with E-state index in [2.05, 4.69) is 0 Å². The Morgan fingerprint density at radius 3 is 2.26 bits per heavy atom. The molecular formula is C13H13F3O3. The van der Waals surface area contributed by atoms with Gasteiger partial charge in [-0.25, -0.2) is 0 Å². The highest BCUT2D eigenvalue weighted by atomic mass is 19.4. The van der Waals surface area contributed by atoms with Crippen molar-refractivity contribution < 1.29 is 28.2 Å². The Morgan fingerprint density at radius 1 is 1.26 bits per heavy atom. The molecule has 0 heterocycles. The van der Waals surface area contributed by atoms with Gasteiger partial charge in [0.1, 0.15) is 0 Å². The van der Waals surface area contributed by atoms with Gasteiger partial charge in [0.15, 0.2) is 0 Å². The number of benzene rings is 1.